The average Bonchev–Trinajstić information content (AvgIpc) is 2.60. The first kappa shape index (κ1) is 10.9. The molecule has 86 valence electrons. The van der Waals surface area contributed by atoms with E-state index in [1.807, 2.05) is 24.8 Å². The lowest BCUT2D eigenvalue weighted by Crippen LogP contribution is -2.24. The van der Waals surface area contributed by atoms with Crippen molar-refractivity contribution < 1.29 is 9.90 Å². The molecule has 1 saturated heterocycles. The second-order valence-corrected chi connectivity index (χ2v) is 4.33. The van der Waals surface area contributed by atoms with E-state index in [9.17, 15) is 4.79 Å². The molecule has 16 heavy (non-hydrogen) atoms. The van der Waals surface area contributed by atoms with E-state index in [1.165, 1.54) is 0 Å². The number of aryl methyl sites for hydroxylation is 1. The Morgan fingerprint density at radius 2 is 2.31 bits per heavy atom. The third-order valence-corrected chi connectivity index (χ3v) is 2.99. The molecule has 0 bridgehead atoms. The Hall–Kier alpha value is -1.65. The maximum Gasteiger partial charge on any atom is 0.308 e. The van der Waals surface area contributed by atoms with E-state index >= 15 is 0 Å². The Kier molecular flexibility index (Phi) is 2.77. The van der Waals surface area contributed by atoms with Crippen LogP contribution < -0.4 is 4.90 Å². The van der Waals surface area contributed by atoms with Gasteiger partial charge in [-0.05, 0) is 18.9 Å². The van der Waals surface area contributed by atoms with Gasteiger partial charge in [0.1, 0.15) is 0 Å². The first-order chi connectivity index (χ1) is 7.58. The van der Waals surface area contributed by atoms with E-state index in [0.29, 0.717) is 19.0 Å². The monoisotopic (exact) mass is 221 g/mol. The summed E-state index contributed by atoms with van der Waals surface area (Å²) in [6, 6.07) is 1.83. The molecule has 2 atom stereocenters. The largest absolute Gasteiger partial charge is 0.481 e. The number of carbonyl (C=O) groups is 1. The topological polar surface area (TPSA) is 66.3 Å². The van der Waals surface area contributed by atoms with Crippen molar-refractivity contribution in [3.8, 4) is 0 Å². The summed E-state index contributed by atoms with van der Waals surface area (Å²) in [6.45, 7) is 5.06. The molecule has 5 nitrogen and oxygen atoms in total. The van der Waals surface area contributed by atoms with Gasteiger partial charge < -0.3 is 10.0 Å². The van der Waals surface area contributed by atoms with E-state index in [0.717, 1.165) is 5.69 Å². The van der Waals surface area contributed by atoms with E-state index in [4.69, 9.17) is 5.11 Å². The fourth-order valence-corrected chi connectivity index (χ4v) is 2.04. The van der Waals surface area contributed by atoms with Crippen molar-refractivity contribution in [2.24, 2.45) is 11.8 Å². The second kappa shape index (κ2) is 4.08. The quantitative estimate of drug-likeness (QED) is 0.805. The fraction of sp³-hybridized carbons (Fsp3) is 0.545. The Morgan fingerprint density at radius 3 is 2.88 bits per heavy atom. The van der Waals surface area contributed by atoms with Crippen LogP contribution in [0.4, 0.5) is 5.95 Å². The van der Waals surface area contributed by atoms with Crippen LogP contribution in [-0.4, -0.2) is 34.1 Å². The highest BCUT2D eigenvalue weighted by Crippen LogP contribution is 2.25. The molecule has 0 radical (unpaired) electrons. The van der Waals surface area contributed by atoms with Gasteiger partial charge in [0.2, 0.25) is 5.95 Å². The fourth-order valence-electron chi connectivity index (χ4n) is 2.04. The van der Waals surface area contributed by atoms with E-state index < -0.39 is 5.97 Å². The number of anilines is 1. The summed E-state index contributed by atoms with van der Waals surface area (Å²) < 4.78 is 0. The molecule has 2 rings (SSSR count). The van der Waals surface area contributed by atoms with E-state index in [-0.39, 0.29) is 11.8 Å². The van der Waals surface area contributed by atoms with Crippen LogP contribution in [0.2, 0.25) is 0 Å². The second-order valence-electron chi connectivity index (χ2n) is 4.33. The summed E-state index contributed by atoms with van der Waals surface area (Å²) in [6.07, 6.45) is 1.70. The van der Waals surface area contributed by atoms with E-state index in [1.54, 1.807) is 6.20 Å². The smallest absolute Gasteiger partial charge is 0.308 e. The molecule has 1 aliphatic heterocycles. The zero-order valence-electron chi connectivity index (χ0n) is 9.42. The predicted molar refractivity (Wildman–Crippen MR) is 59.3 cm³/mol. The molecule has 0 aromatic carbocycles. The van der Waals surface area contributed by atoms with Crippen molar-refractivity contribution in [3.05, 3.63) is 18.0 Å². The maximum atomic E-state index is 11.0. The number of rotatable bonds is 2. The molecule has 1 N–H and O–H groups in total. The number of carboxylic acids is 1. The Morgan fingerprint density at radius 1 is 1.56 bits per heavy atom. The number of nitrogens with zero attached hydrogens (tertiary/aromatic N) is 3. The maximum absolute atomic E-state index is 11.0. The van der Waals surface area contributed by atoms with Gasteiger partial charge >= 0.3 is 5.97 Å². The van der Waals surface area contributed by atoms with Crippen molar-refractivity contribution in [1.29, 1.82) is 0 Å². The summed E-state index contributed by atoms with van der Waals surface area (Å²) in [5.41, 5.74) is 0.899. The van der Waals surface area contributed by atoms with Crippen LogP contribution in [-0.2, 0) is 4.79 Å². The minimum Gasteiger partial charge on any atom is -0.481 e. The minimum absolute atomic E-state index is 0.140. The van der Waals surface area contributed by atoms with Gasteiger partial charge in [-0.2, -0.15) is 0 Å². The van der Waals surface area contributed by atoms with Crippen LogP contribution in [0.1, 0.15) is 12.6 Å². The number of hydrogen-bond acceptors (Lipinski definition) is 4. The number of hydrogen-bond donors (Lipinski definition) is 1. The number of aliphatic carboxylic acids is 1. The van der Waals surface area contributed by atoms with Crippen LogP contribution in [0.25, 0.3) is 0 Å². The summed E-state index contributed by atoms with van der Waals surface area (Å²) in [5.74, 6) is -0.274. The highest BCUT2D eigenvalue weighted by molar-refractivity contribution is 5.72. The van der Waals surface area contributed by atoms with Crippen molar-refractivity contribution in [2.75, 3.05) is 18.0 Å². The van der Waals surface area contributed by atoms with Gasteiger partial charge in [-0.15, -0.1) is 0 Å². The average molecular weight is 221 g/mol. The molecular weight excluding hydrogens is 206 g/mol. The summed E-state index contributed by atoms with van der Waals surface area (Å²) >= 11 is 0. The van der Waals surface area contributed by atoms with Gasteiger partial charge in [0.15, 0.2) is 0 Å². The summed E-state index contributed by atoms with van der Waals surface area (Å²) in [4.78, 5) is 21.4. The van der Waals surface area contributed by atoms with Gasteiger partial charge in [0.25, 0.3) is 0 Å². The zero-order valence-corrected chi connectivity index (χ0v) is 9.42. The lowest BCUT2D eigenvalue weighted by Gasteiger charge is -2.15. The van der Waals surface area contributed by atoms with E-state index in [2.05, 4.69) is 9.97 Å². The van der Waals surface area contributed by atoms with Gasteiger partial charge in [0, 0.05) is 25.0 Å². The van der Waals surface area contributed by atoms with Crippen LogP contribution in [0.15, 0.2) is 12.3 Å². The minimum atomic E-state index is -0.734. The molecule has 5 heteroatoms. The van der Waals surface area contributed by atoms with Crippen LogP contribution in [0.5, 0.6) is 0 Å². The van der Waals surface area contributed by atoms with Crippen molar-refractivity contribution in [1.82, 2.24) is 9.97 Å². The molecule has 1 aliphatic rings. The Balaban J connectivity index is 2.16. The lowest BCUT2D eigenvalue weighted by molar-refractivity contribution is -0.142. The SMILES string of the molecule is Cc1ccnc(N2CC(C)C(C(=O)O)C2)n1. The first-order valence-electron chi connectivity index (χ1n) is 5.35. The van der Waals surface area contributed by atoms with Gasteiger partial charge in [-0.3, -0.25) is 4.79 Å². The number of aromatic nitrogens is 2. The third-order valence-electron chi connectivity index (χ3n) is 2.99. The van der Waals surface area contributed by atoms with Gasteiger partial charge in [-0.25, -0.2) is 9.97 Å². The van der Waals surface area contributed by atoms with Crippen LogP contribution >= 0.6 is 0 Å². The predicted octanol–water partition coefficient (Wildman–Crippen LogP) is 0.942. The molecule has 0 amide bonds. The van der Waals surface area contributed by atoms with Crippen molar-refractivity contribution >= 4 is 11.9 Å². The molecule has 1 aromatic rings. The highest BCUT2D eigenvalue weighted by atomic mass is 16.4. The molecule has 0 aliphatic carbocycles. The zero-order chi connectivity index (χ0) is 11.7. The Bertz CT molecular complexity index is 408. The van der Waals surface area contributed by atoms with Crippen LogP contribution in [0.3, 0.4) is 0 Å². The standard InChI is InChI=1S/C11H15N3O2/c1-7-5-14(6-9(7)10(15)16)11-12-4-3-8(2)13-11/h3-4,7,9H,5-6H2,1-2H3,(H,15,16). The molecule has 2 unspecified atom stereocenters. The van der Waals surface area contributed by atoms with Crippen molar-refractivity contribution in [3.63, 3.8) is 0 Å². The molecule has 1 aromatic heterocycles. The molecule has 2 heterocycles. The highest BCUT2D eigenvalue weighted by Gasteiger charge is 2.35. The van der Waals surface area contributed by atoms with Crippen molar-refractivity contribution in [2.45, 2.75) is 13.8 Å². The van der Waals surface area contributed by atoms with Gasteiger partial charge in [-0.1, -0.05) is 6.92 Å². The van der Waals surface area contributed by atoms with Gasteiger partial charge in [0.05, 0.1) is 5.92 Å². The lowest BCUT2D eigenvalue weighted by atomic mass is 9.99. The molecular formula is C11H15N3O2. The Labute approximate surface area is 94.1 Å². The normalized spacial score (nSPS) is 24.8. The third kappa shape index (κ3) is 1.98. The molecule has 1 fully saturated rings. The summed E-state index contributed by atoms with van der Waals surface area (Å²) in [5, 5.41) is 9.04. The number of carboxylic acid groups (broad SMARTS) is 1. The summed E-state index contributed by atoms with van der Waals surface area (Å²) in [7, 11) is 0. The van der Waals surface area contributed by atoms with Crippen LogP contribution in [0, 0.1) is 18.8 Å². The molecule has 0 spiro atoms. The first-order valence-corrected chi connectivity index (χ1v) is 5.35. The molecule has 0 saturated carbocycles.